The van der Waals surface area contributed by atoms with Gasteiger partial charge < -0.3 is 15.5 Å². The van der Waals surface area contributed by atoms with Crippen LogP contribution in [0.25, 0.3) is 10.8 Å². The summed E-state index contributed by atoms with van der Waals surface area (Å²) in [4.78, 5) is 23.2. The molecule has 0 fully saturated rings. The van der Waals surface area contributed by atoms with Crippen molar-refractivity contribution in [1.29, 1.82) is 0 Å². The number of rotatable bonds is 6. The standard InChI is InChI=1S/C21H19NO4/c23-19(22-13-14-5-2-1-3-6-14)12-15-9-10-17-16(11-15)7-4-8-18(17)20(24)21(25)26/h1-11,20,24H,12-13H2,(H,22,23)(H,25,26). The Morgan fingerprint density at radius 2 is 1.69 bits per heavy atom. The van der Waals surface area contributed by atoms with Crippen molar-refractivity contribution >= 4 is 22.6 Å². The minimum Gasteiger partial charge on any atom is -0.479 e. The molecule has 5 heteroatoms. The van der Waals surface area contributed by atoms with Crippen LogP contribution in [-0.2, 0) is 22.6 Å². The van der Waals surface area contributed by atoms with Crippen LogP contribution in [0, 0.1) is 0 Å². The van der Waals surface area contributed by atoms with Gasteiger partial charge in [0.05, 0.1) is 6.42 Å². The van der Waals surface area contributed by atoms with Gasteiger partial charge in [-0.2, -0.15) is 0 Å². The van der Waals surface area contributed by atoms with Crippen molar-refractivity contribution in [2.75, 3.05) is 0 Å². The third kappa shape index (κ3) is 4.07. The summed E-state index contributed by atoms with van der Waals surface area (Å²) in [7, 11) is 0. The largest absolute Gasteiger partial charge is 0.479 e. The maximum Gasteiger partial charge on any atom is 0.337 e. The molecule has 132 valence electrons. The van der Waals surface area contributed by atoms with E-state index in [0.29, 0.717) is 17.5 Å². The number of carbonyl (C=O) groups excluding carboxylic acids is 1. The zero-order valence-electron chi connectivity index (χ0n) is 14.1. The first-order valence-corrected chi connectivity index (χ1v) is 8.27. The van der Waals surface area contributed by atoms with Crippen molar-refractivity contribution in [3.05, 3.63) is 83.4 Å². The van der Waals surface area contributed by atoms with Crippen molar-refractivity contribution in [1.82, 2.24) is 5.32 Å². The molecule has 1 atom stereocenters. The molecule has 0 saturated carbocycles. The third-order valence-corrected chi connectivity index (χ3v) is 4.20. The Kier molecular flexibility index (Phi) is 5.29. The summed E-state index contributed by atoms with van der Waals surface area (Å²) >= 11 is 0. The first kappa shape index (κ1) is 17.6. The van der Waals surface area contributed by atoms with Crippen LogP contribution < -0.4 is 5.32 Å². The van der Waals surface area contributed by atoms with E-state index >= 15 is 0 Å². The molecule has 1 unspecified atom stereocenters. The Bertz CT molecular complexity index is 937. The third-order valence-electron chi connectivity index (χ3n) is 4.20. The summed E-state index contributed by atoms with van der Waals surface area (Å²) in [5.41, 5.74) is 2.20. The molecule has 0 bridgehead atoms. The lowest BCUT2D eigenvalue weighted by Crippen LogP contribution is -2.24. The minimum atomic E-state index is -1.57. The van der Waals surface area contributed by atoms with Crippen LogP contribution in [0.1, 0.15) is 22.8 Å². The molecule has 0 saturated heterocycles. The number of aliphatic carboxylic acids is 1. The van der Waals surface area contributed by atoms with E-state index in [0.717, 1.165) is 16.5 Å². The summed E-state index contributed by atoms with van der Waals surface area (Å²) in [6.45, 7) is 0.474. The average molecular weight is 349 g/mol. The lowest BCUT2D eigenvalue weighted by Gasteiger charge is -2.11. The van der Waals surface area contributed by atoms with Gasteiger partial charge in [-0.3, -0.25) is 4.79 Å². The fourth-order valence-corrected chi connectivity index (χ4v) is 2.88. The van der Waals surface area contributed by atoms with Crippen LogP contribution in [0.2, 0.25) is 0 Å². The van der Waals surface area contributed by atoms with Crippen molar-refractivity contribution in [3.8, 4) is 0 Å². The molecule has 3 aromatic carbocycles. The highest BCUT2D eigenvalue weighted by molar-refractivity contribution is 5.91. The van der Waals surface area contributed by atoms with Gasteiger partial charge in [-0.1, -0.05) is 66.7 Å². The van der Waals surface area contributed by atoms with Gasteiger partial charge in [-0.15, -0.1) is 0 Å². The molecule has 0 aliphatic heterocycles. The van der Waals surface area contributed by atoms with Gasteiger partial charge in [0.15, 0.2) is 6.10 Å². The van der Waals surface area contributed by atoms with E-state index in [1.807, 2.05) is 42.5 Å². The summed E-state index contributed by atoms with van der Waals surface area (Å²) in [5, 5.41) is 23.2. The summed E-state index contributed by atoms with van der Waals surface area (Å²) in [6.07, 6.45) is -1.34. The highest BCUT2D eigenvalue weighted by Gasteiger charge is 2.18. The maximum absolute atomic E-state index is 12.2. The predicted molar refractivity (Wildman–Crippen MR) is 98.5 cm³/mol. The van der Waals surface area contributed by atoms with Gasteiger partial charge in [0.2, 0.25) is 5.91 Å². The van der Waals surface area contributed by atoms with Crippen molar-refractivity contribution in [2.24, 2.45) is 0 Å². The molecule has 3 N–H and O–H groups in total. The number of amides is 1. The normalized spacial score (nSPS) is 11.9. The van der Waals surface area contributed by atoms with E-state index in [1.54, 1.807) is 24.3 Å². The molecule has 3 rings (SSSR count). The number of aliphatic hydroxyl groups is 1. The van der Waals surface area contributed by atoms with E-state index < -0.39 is 12.1 Å². The van der Waals surface area contributed by atoms with E-state index in [1.165, 1.54) is 0 Å². The lowest BCUT2D eigenvalue weighted by molar-refractivity contribution is -0.146. The number of carbonyl (C=O) groups is 2. The Balaban J connectivity index is 1.73. The highest BCUT2D eigenvalue weighted by atomic mass is 16.4. The first-order chi connectivity index (χ1) is 12.5. The number of fused-ring (bicyclic) bond motifs is 1. The number of carboxylic acid groups (broad SMARTS) is 1. The number of carboxylic acids is 1. The van der Waals surface area contributed by atoms with E-state index in [9.17, 15) is 14.7 Å². The Morgan fingerprint density at radius 3 is 2.42 bits per heavy atom. The zero-order chi connectivity index (χ0) is 18.5. The lowest BCUT2D eigenvalue weighted by atomic mass is 9.98. The van der Waals surface area contributed by atoms with Crippen molar-refractivity contribution in [2.45, 2.75) is 19.1 Å². The van der Waals surface area contributed by atoms with Gasteiger partial charge in [0.25, 0.3) is 0 Å². The Hall–Kier alpha value is -3.18. The highest BCUT2D eigenvalue weighted by Crippen LogP contribution is 2.25. The van der Waals surface area contributed by atoms with Gasteiger partial charge in [0, 0.05) is 6.54 Å². The molecule has 0 aromatic heterocycles. The number of nitrogens with one attached hydrogen (secondary N) is 1. The van der Waals surface area contributed by atoms with E-state index in [4.69, 9.17) is 5.11 Å². The molecular weight excluding hydrogens is 330 g/mol. The second kappa shape index (κ2) is 7.80. The van der Waals surface area contributed by atoms with Crippen LogP contribution in [0.4, 0.5) is 0 Å². The van der Waals surface area contributed by atoms with Crippen molar-refractivity contribution < 1.29 is 19.8 Å². The van der Waals surface area contributed by atoms with Crippen LogP contribution in [0.5, 0.6) is 0 Å². The fourth-order valence-electron chi connectivity index (χ4n) is 2.88. The van der Waals surface area contributed by atoms with Gasteiger partial charge in [0.1, 0.15) is 0 Å². The summed E-state index contributed by atoms with van der Waals surface area (Å²) in [6, 6.07) is 20.2. The minimum absolute atomic E-state index is 0.0880. The predicted octanol–water partition coefficient (Wildman–Crippen LogP) is 2.82. The molecule has 3 aromatic rings. The maximum atomic E-state index is 12.2. The second-order valence-corrected chi connectivity index (χ2v) is 6.08. The van der Waals surface area contributed by atoms with Gasteiger partial charge in [-0.25, -0.2) is 4.79 Å². The molecule has 0 spiro atoms. The molecule has 0 aliphatic rings. The van der Waals surface area contributed by atoms with E-state index in [2.05, 4.69) is 5.32 Å². The summed E-state index contributed by atoms with van der Waals surface area (Å²) < 4.78 is 0. The first-order valence-electron chi connectivity index (χ1n) is 8.27. The molecule has 0 aliphatic carbocycles. The van der Waals surface area contributed by atoms with Gasteiger partial charge in [-0.05, 0) is 27.5 Å². The summed E-state index contributed by atoms with van der Waals surface area (Å²) in [5.74, 6) is -1.38. The number of aliphatic hydroxyl groups excluding tert-OH is 1. The molecular formula is C21H19NO4. The average Bonchev–Trinajstić information content (AvgIpc) is 2.66. The second-order valence-electron chi connectivity index (χ2n) is 6.08. The van der Waals surface area contributed by atoms with Crippen LogP contribution >= 0.6 is 0 Å². The van der Waals surface area contributed by atoms with Crippen LogP contribution in [0.15, 0.2) is 66.7 Å². The molecule has 1 amide bonds. The van der Waals surface area contributed by atoms with E-state index in [-0.39, 0.29) is 12.3 Å². The Labute approximate surface area is 150 Å². The number of hydrogen-bond donors (Lipinski definition) is 3. The number of hydrogen-bond acceptors (Lipinski definition) is 3. The number of benzene rings is 3. The monoisotopic (exact) mass is 349 g/mol. The molecule has 26 heavy (non-hydrogen) atoms. The zero-order valence-corrected chi connectivity index (χ0v) is 14.1. The molecule has 5 nitrogen and oxygen atoms in total. The fraction of sp³-hybridized carbons (Fsp3) is 0.143. The quantitative estimate of drug-likeness (QED) is 0.639. The molecule has 0 heterocycles. The topological polar surface area (TPSA) is 86.6 Å². The van der Waals surface area contributed by atoms with Crippen molar-refractivity contribution in [3.63, 3.8) is 0 Å². The van der Waals surface area contributed by atoms with Crippen LogP contribution in [-0.4, -0.2) is 22.1 Å². The smallest absolute Gasteiger partial charge is 0.337 e. The van der Waals surface area contributed by atoms with Gasteiger partial charge >= 0.3 is 5.97 Å². The SMILES string of the molecule is O=C(Cc1ccc2c(C(O)C(=O)O)cccc2c1)NCc1ccccc1. The Morgan fingerprint density at radius 1 is 0.923 bits per heavy atom. The van der Waals surface area contributed by atoms with Crippen LogP contribution in [0.3, 0.4) is 0 Å². The molecule has 0 radical (unpaired) electrons.